The van der Waals surface area contributed by atoms with Crippen molar-refractivity contribution in [1.29, 1.82) is 0 Å². The molecule has 5 nitrogen and oxygen atoms in total. The molecule has 0 aromatic heterocycles. The predicted octanol–water partition coefficient (Wildman–Crippen LogP) is 1.14. The van der Waals surface area contributed by atoms with Gasteiger partial charge in [0, 0.05) is 0 Å². The van der Waals surface area contributed by atoms with E-state index < -0.39 is 34.7 Å². The zero-order valence-electron chi connectivity index (χ0n) is 14.4. The third-order valence-electron chi connectivity index (χ3n) is 2.34. The molecule has 0 aliphatic carbocycles. The third kappa shape index (κ3) is 10.6. The van der Waals surface area contributed by atoms with Gasteiger partial charge in [-0.25, -0.2) is 0 Å². The van der Waals surface area contributed by atoms with E-state index in [-0.39, 0.29) is 0 Å². The van der Waals surface area contributed by atoms with Crippen molar-refractivity contribution in [2.75, 3.05) is 6.54 Å². The molecule has 0 heterocycles. The van der Waals surface area contributed by atoms with E-state index in [0.29, 0.717) is 17.0 Å². The van der Waals surface area contributed by atoms with Crippen LogP contribution in [0.2, 0.25) is 51.9 Å². The van der Waals surface area contributed by atoms with Crippen molar-refractivity contribution in [3.63, 3.8) is 0 Å². The van der Waals surface area contributed by atoms with Gasteiger partial charge in [-0.1, -0.05) is 0 Å². The Morgan fingerprint density at radius 1 is 0.950 bits per heavy atom. The van der Waals surface area contributed by atoms with E-state index in [1.165, 1.54) is 0 Å². The van der Waals surface area contributed by atoms with E-state index in [1.54, 1.807) is 0 Å². The molecule has 0 aromatic carbocycles. The minimum Gasteiger partial charge on any atom is -0.437 e. The lowest BCUT2D eigenvalue weighted by Gasteiger charge is -2.37. The Labute approximate surface area is 132 Å². The second-order valence-electron chi connectivity index (χ2n) is 7.11. The van der Waals surface area contributed by atoms with Crippen LogP contribution in [0.1, 0.15) is 6.42 Å². The van der Waals surface area contributed by atoms with Crippen LogP contribution >= 0.6 is 0 Å². The molecule has 2 N–H and O–H groups in total. The molecule has 0 rings (SSSR count). The molecule has 10 heteroatoms. The highest BCUT2D eigenvalue weighted by Crippen LogP contribution is 2.23. The Morgan fingerprint density at radius 3 is 1.85 bits per heavy atom. The van der Waals surface area contributed by atoms with Crippen LogP contribution in [0, 0.1) is 0 Å². The van der Waals surface area contributed by atoms with Crippen LogP contribution in [0.3, 0.4) is 0 Å². The lowest BCUT2D eigenvalue weighted by molar-refractivity contribution is 0.272. The van der Waals surface area contributed by atoms with Crippen molar-refractivity contribution in [3.05, 3.63) is 0 Å². The van der Waals surface area contributed by atoms with Gasteiger partial charge in [0.05, 0.1) is 0 Å². The van der Waals surface area contributed by atoms with Gasteiger partial charge in [0.25, 0.3) is 0 Å². The summed E-state index contributed by atoms with van der Waals surface area (Å²) >= 11 is 0. The van der Waals surface area contributed by atoms with Gasteiger partial charge in [-0.15, -0.1) is 0 Å². The van der Waals surface area contributed by atoms with Gasteiger partial charge in [-0.05, 0) is 64.8 Å². The minimum absolute atomic E-state index is 0.643. The van der Waals surface area contributed by atoms with Gasteiger partial charge in [0.15, 0.2) is 16.6 Å². The molecule has 0 amide bonds. The van der Waals surface area contributed by atoms with E-state index in [9.17, 15) is 0 Å². The normalized spacial score (nSPS) is 18.0. The van der Waals surface area contributed by atoms with Gasteiger partial charge in [0.2, 0.25) is 0 Å². The number of hydrogen-bond acceptors (Lipinski definition) is 5. The first-order chi connectivity index (χ1) is 8.91. The van der Waals surface area contributed by atoms with Crippen LogP contribution in [0.25, 0.3) is 0 Å². The molecule has 0 fully saturated rings. The highest BCUT2D eigenvalue weighted by atomic mass is 28.5. The number of hydrogen-bond donors (Lipinski definition) is 1. The van der Waals surface area contributed by atoms with E-state index in [1.807, 2.05) is 0 Å². The maximum absolute atomic E-state index is 6.38. The Morgan fingerprint density at radius 2 is 1.50 bits per heavy atom. The largest absolute Gasteiger partial charge is 0.453 e. The van der Waals surface area contributed by atoms with Crippen LogP contribution in [0.4, 0.5) is 0 Å². The average Bonchev–Trinajstić information content (AvgIpc) is 2.21. The first-order valence-corrected chi connectivity index (χ1v) is 18.8. The fourth-order valence-corrected chi connectivity index (χ4v) is 16.4. The van der Waals surface area contributed by atoms with Crippen molar-refractivity contribution in [3.8, 4) is 0 Å². The molecule has 2 unspecified atom stereocenters. The summed E-state index contributed by atoms with van der Waals surface area (Å²) in [5.74, 6) is 0. The highest BCUT2D eigenvalue weighted by Gasteiger charge is 2.40. The summed E-state index contributed by atoms with van der Waals surface area (Å²) in [6, 6.07) is 0.914. The summed E-state index contributed by atoms with van der Waals surface area (Å²) in [6.45, 7) is 15.9. The van der Waals surface area contributed by atoms with Gasteiger partial charge >= 0.3 is 18.1 Å². The smallest absolute Gasteiger partial charge is 0.437 e. The quantitative estimate of drug-likeness (QED) is 0.583. The third-order valence-corrected chi connectivity index (χ3v) is 15.7. The molecule has 122 valence electrons. The van der Waals surface area contributed by atoms with Gasteiger partial charge in [-0.3, -0.25) is 0 Å². The number of rotatable bonds is 10. The van der Waals surface area contributed by atoms with Crippen molar-refractivity contribution in [2.45, 2.75) is 58.3 Å². The molecular weight excluding hydrogens is 339 g/mol. The maximum atomic E-state index is 6.38. The van der Waals surface area contributed by atoms with Gasteiger partial charge in [0.1, 0.15) is 10.5 Å². The SMILES string of the molecule is C[Si](C)(C)O[SiH](O[SiH3])O[Si](C)(CCCN)O[Si](C)(C)C. The lowest BCUT2D eigenvalue weighted by Crippen LogP contribution is -2.53. The molecule has 0 spiro atoms. The summed E-state index contributed by atoms with van der Waals surface area (Å²) in [6.07, 6.45) is 0.933. The molecule has 0 saturated carbocycles. The fraction of sp³-hybridized carbons (Fsp3) is 1.00. The monoisotopic (exact) mass is 371 g/mol. The fourth-order valence-electron chi connectivity index (χ4n) is 1.82. The zero-order chi connectivity index (χ0) is 16.0. The second-order valence-corrected chi connectivity index (χ2v) is 23.5. The summed E-state index contributed by atoms with van der Waals surface area (Å²) < 4.78 is 24.4. The standard InChI is InChI=1S/C10H33NO4Si5/c1-18(2,3)13-17(12-16)14-20(7,10-8-9-11)15-19(4,5)6/h17H,8-11H2,1-7,16H3. The second kappa shape index (κ2) is 8.50. The van der Waals surface area contributed by atoms with Crippen LogP contribution < -0.4 is 5.73 Å². The van der Waals surface area contributed by atoms with Crippen molar-refractivity contribution < 1.29 is 16.5 Å². The summed E-state index contributed by atoms with van der Waals surface area (Å²) in [5, 5.41) is 0. The molecular formula is C10H33NO4Si5. The van der Waals surface area contributed by atoms with Crippen LogP contribution in [-0.4, -0.2) is 51.8 Å². The minimum atomic E-state index is -2.25. The first kappa shape index (κ1) is 20.9. The topological polar surface area (TPSA) is 62.9 Å². The lowest BCUT2D eigenvalue weighted by atomic mass is 10.5. The summed E-state index contributed by atoms with van der Waals surface area (Å²) in [7, 11) is -6.96. The molecule has 0 saturated heterocycles. The Hall–Kier alpha value is 0.884. The highest BCUT2D eigenvalue weighted by molar-refractivity contribution is 6.85. The van der Waals surface area contributed by atoms with Crippen molar-refractivity contribution in [2.24, 2.45) is 5.73 Å². The summed E-state index contributed by atoms with van der Waals surface area (Å²) in [5.41, 5.74) is 5.65. The van der Waals surface area contributed by atoms with E-state index in [0.717, 1.165) is 12.5 Å². The average molecular weight is 372 g/mol. The van der Waals surface area contributed by atoms with Crippen LogP contribution in [0.5, 0.6) is 0 Å². The summed E-state index contributed by atoms with van der Waals surface area (Å²) in [4.78, 5) is 0. The van der Waals surface area contributed by atoms with E-state index >= 15 is 0 Å². The molecule has 0 aliphatic rings. The van der Waals surface area contributed by atoms with Crippen molar-refractivity contribution >= 4 is 45.2 Å². The van der Waals surface area contributed by atoms with Gasteiger partial charge < -0.3 is 22.2 Å². The molecule has 20 heavy (non-hydrogen) atoms. The van der Waals surface area contributed by atoms with Gasteiger partial charge in [-0.2, -0.15) is 0 Å². The predicted molar refractivity (Wildman–Crippen MR) is 98.2 cm³/mol. The Kier molecular flexibility index (Phi) is 8.88. The molecule has 2 atom stereocenters. The maximum Gasteiger partial charge on any atom is 0.453 e. The molecule has 0 aliphatic heterocycles. The number of nitrogens with two attached hydrogens (primary N) is 1. The van der Waals surface area contributed by atoms with E-state index in [2.05, 4.69) is 45.8 Å². The van der Waals surface area contributed by atoms with Crippen LogP contribution in [-0.2, 0) is 16.5 Å². The zero-order valence-corrected chi connectivity index (χ0v) is 20.6. The van der Waals surface area contributed by atoms with E-state index in [4.69, 9.17) is 22.2 Å². The first-order valence-electron chi connectivity index (χ1n) is 7.19. The molecule has 0 bridgehead atoms. The van der Waals surface area contributed by atoms with Crippen molar-refractivity contribution in [1.82, 2.24) is 0 Å². The van der Waals surface area contributed by atoms with Crippen LogP contribution in [0.15, 0.2) is 0 Å². The Balaban J connectivity index is 4.84. The Bertz CT molecular complexity index is 284. The molecule has 0 aromatic rings. The molecule has 0 radical (unpaired) electrons.